The Balaban J connectivity index is 1.02. The minimum Gasteiger partial charge on any atom is -0.264 e. The lowest BCUT2D eigenvalue weighted by Crippen LogP contribution is -2.00. The average molecular weight is 842 g/mol. The minimum atomic E-state index is 0.622. The van der Waals surface area contributed by atoms with Crippen molar-refractivity contribution in [3.63, 3.8) is 0 Å². The van der Waals surface area contributed by atoms with Crippen LogP contribution in [0.1, 0.15) is 0 Å². The van der Waals surface area contributed by atoms with Gasteiger partial charge in [-0.05, 0) is 91.0 Å². The van der Waals surface area contributed by atoms with Crippen LogP contribution in [0.4, 0.5) is 0 Å². The van der Waals surface area contributed by atoms with Crippen molar-refractivity contribution in [2.24, 2.45) is 0 Å². The Morgan fingerprint density at radius 1 is 0.242 bits per heavy atom. The molecule has 12 rings (SSSR count). The molecule has 0 unspecified atom stereocenters. The van der Waals surface area contributed by atoms with Crippen LogP contribution in [0.25, 0.3) is 122 Å². The van der Waals surface area contributed by atoms with Crippen LogP contribution >= 0.6 is 0 Å². The van der Waals surface area contributed by atoms with E-state index in [1.165, 1.54) is 11.1 Å². The number of hydrogen-bond donors (Lipinski definition) is 0. The largest absolute Gasteiger partial charge is 0.264 e. The number of para-hydroxylation sites is 1. The van der Waals surface area contributed by atoms with Crippen molar-refractivity contribution in [3.8, 4) is 89.9 Å². The molecule has 0 saturated heterocycles. The molecule has 0 bridgehead atoms. The first-order chi connectivity index (χ1) is 32.7. The molecule has 0 spiro atoms. The Labute approximate surface area is 382 Å². The number of hydrogen-bond acceptors (Lipinski definition) is 5. The van der Waals surface area contributed by atoms with E-state index in [2.05, 4.69) is 169 Å². The molecule has 5 heteroatoms. The molecule has 0 amide bonds. The van der Waals surface area contributed by atoms with Crippen LogP contribution in [0, 0.1) is 0 Å². The summed E-state index contributed by atoms with van der Waals surface area (Å²) in [4.78, 5) is 24.8. The van der Waals surface area contributed by atoms with Crippen molar-refractivity contribution in [3.05, 3.63) is 237 Å². The van der Waals surface area contributed by atoms with Gasteiger partial charge in [-0.1, -0.05) is 194 Å². The summed E-state index contributed by atoms with van der Waals surface area (Å²) in [5, 5.41) is 5.57. The maximum Gasteiger partial charge on any atom is 0.164 e. The van der Waals surface area contributed by atoms with Gasteiger partial charge in [-0.15, -0.1) is 0 Å². The zero-order valence-corrected chi connectivity index (χ0v) is 35.8. The average Bonchev–Trinajstić information content (AvgIpc) is 3.41. The predicted molar refractivity (Wildman–Crippen MR) is 271 cm³/mol. The first kappa shape index (κ1) is 38.7. The fraction of sp³-hybridized carbons (Fsp3) is 0. The Bertz CT molecular complexity index is 3680. The van der Waals surface area contributed by atoms with E-state index in [-0.39, 0.29) is 0 Å². The van der Waals surface area contributed by atoms with Gasteiger partial charge in [0, 0.05) is 45.4 Å². The Morgan fingerprint density at radius 3 is 1.33 bits per heavy atom. The van der Waals surface area contributed by atoms with Crippen LogP contribution in [0.3, 0.4) is 0 Å². The Morgan fingerprint density at radius 2 is 0.697 bits per heavy atom. The van der Waals surface area contributed by atoms with E-state index >= 15 is 0 Å². The fourth-order valence-electron chi connectivity index (χ4n) is 9.22. The number of nitrogens with zero attached hydrogens (tertiary/aromatic N) is 5. The molecular weight excluding hydrogens is 803 g/mol. The number of fused-ring (bicyclic) bond motifs is 4. The molecule has 0 aliphatic rings. The molecule has 5 nitrogen and oxygen atoms in total. The second-order valence-electron chi connectivity index (χ2n) is 16.4. The van der Waals surface area contributed by atoms with Crippen molar-refractivity contribution in [1.29, 1.82) is 0 Å². The Kier molecular flexibility index (Phi) is 9.77. The van der Waals surface area contributed by atoms with Crippen LogP contribution in [-0.4, -0.2) is 24.9 Å². The van der Waals surface area contributed by atoms with E-state index < -0.39 is 0 Å². The highest BCUT2D eigenvalue weighted by atomic mass is 15.0. The van der Waals surface area contributed by atoms with E-state index in [1.807, 2.05) is 73.1 Å². The topological polar surface area (TPSA) is 64.5 Å². The molecule has 0 N–H and O–H groups in total. The van der Waals surface area contributed by atoms with Crippen molar-refractivity contribution in [2.75, 3.05) is 0 Å². The molecule has 12 aromatic rings. The van der Waals surface area contributed by atoms with Gasteiger partial charge in [-0.3, -0.25) is 4.98 Å². The standard InChI is InChI=1S/C61H39N5/c1-4-16-41(17-5-1)48-22-10-11-23-49(48)46-36-45(40-28-30-44(31-29-40)61-65-59(42-18-6-2-7-19-42)64-60(66-61)43-20-8-3-9-21-43)37-47(38-46)50-32-33-55(52-25-13-12-24-51(50)52)58-56-39-62-35-34-53(56)54-26-14-15-27-57(54)63-58/h1-39H. The number of pyridine rings is 2. The van der Waals surface area contributed by atoms with Crippen LogP contribution in [0.15, 0.2) is 237 Å². The van der Waals surface area contributed by atoms with Crippen LogP contribution < -0.4 is 0 Å². The van der Waals surface area contributed by atoms with Gasteiger partial charge in [0.1, 0.15) is 0 Å². The van der Waals surface area contributed by atoms with Crippen LogP contribution in [-0.2, 0) is 0 Å². The summed E-state index contributed by atoms with van der Waals surface area (Å²) < 4.78 is 0. The monoisotopic (exact) mass is 841 g/mol. The van der Waals surface area contributed by atoms with E-state index in [0.717, 1.165) is 93.8 Å². The van der Waals surface area contributed by atoms with E-state index in [0.29, 0.717) is 17.5 Å². The van der Waals surface area contributed by atoms with Gasteiger partial charge in [0.05, 0.1) is 11.2 Å². The highest BCUT2D eigenvalue weighted by molar-refractivity contribution is 6.14. The number of aromatic nitrogens is 5. The molecule has 0 atom stereocenters. The molecular formula is C61H39N5. The van der Waals surface area contributed by atoms with Gasteiger partial charge >= 0.3 is 0 Å². The summed E-state index contributed by atoms with van der Waals surface area (Å²) >= 11 is 0. The molecule has 0 aliphatic carbocycles. The SMILES string of the molecule is c1ccc(-c2nc(-c3ccccc3)nc(-c3ccc(-c4cc(-c5ccccc5-c5ccccc5)cc(-c5ccc(-c6nc7ccccc7c7ccncc67)c6ccccc56)c4)cc3)n2)cc1. The van der Waals surface area contributed by atoms with Gasteiger partial charge in [-0.2, -0.15) is 0 Å². The van der Waals surface area contributed by atoms with Gasteiger partial charge in [0.25, 0.3) is 0 Å². The summed E-state index contributed by atoms with van der Waals surface area (Å²) in [5.41, 5.74) is 14.8. The van der Waals surface area contributed by atoms with Gasteiger partial charge < -0.3 is 0 Å². The highest BCUT2D eigenvalue weighted by Crippen LogP contribution is 2.43. The summed E-state index contributed by atoms with van der Waals surface area (Å²) in [6, 6.07) is 78.8. The summed E-state index contributed by atoms with van der Waals surface area (Å²) in [6.45, 7) is 0. The molecule has 3 heterocycles. The van der Waals surface area contributed by atoms with Crippen LogP contribution in [0.5, 0.6) is 0 Å². The second kappa shape index (κ2) is 16.6. The first-order valence-electron chi connectivity index (χ1n) is 22.1. The van der Waals surface area contributed by atoms with Crippen molar-refractivity contribution in [2.45, 2.75) is 0 Å². The van der Waals surface area contributed by atoms with Crippen molar-refractivity contribution in [1.82, 2.24) is 24.9 Å². The zero-order chi connectivity index (χ0) is 43.8. The maximum absolute atomic E-state index is 5.29. The summed E-state index contributed by atoms with van der Waals surface area (Å²) in [7, 11) is 0. The second-order valence-corrected chi connectivity index (χ2v) is 16.4. The molecule has 3 aromatic heterocycles. The smallest absolute Gasteiger partial charge is 0.164 e. The highest BCUT2D eigenvalue weighted by Gasteiger charge is 2.18. The van der Waals surface area contributed by atoms with Gasteiger partial charge in [0.2, 0.25) is 0 Å². The molecule has 0 aliphatic heterocycles. The summed E-state index contributed by atoms with van der Waals surface area (Å²) in [5.74, 6) is 1.89. The van der Waals surface area contributed by atoms with Gasteiger partial charge in [-0.25, -0.2) is 19.9 Å². The number of benzene rings is 9. The van der Waals surface area contributed by atoms with Crippen LogP contribution in [0.2, 0.25) is 0 Å². The predicted octanol–water partition coefficient (Wildman–Crippen LogP) is 15.5. The maximum atomic E-state index is 5.29. The molecule has 9 aromatic carbocycles. The van der Waals surface area contributed by atoms with E-state index in [9.17, 15) is 0 Å². The quantitative estimate of drug-likeness (QED) is 0.143. The van der Waals surface area contributed by atoms with Crippen molar-refractivity contribution < 1.29 is 0 Å². The molecule has 308 valence electrons. The molecule has 0 fully saturated rings. The lowest BCUT2D eigenvalue weighted by Gasteiger charge is -2.17. The molecule has 0 saturated carbocycles. The van der Waals surface area contributed by atoms with Gasteiger partial charge in [0.15, 0.2) is 17.5 Å². The lowest BCUT2D eigenvalue weighted by atomic mass is 9.87. The molecule has 0 radical (unpaired) electrons. The third kappa shape index (κ3) is 7.15. The number of rotatable bonds is 8. The fourth-order valence-corrected chi connectivity index (χ4v) is 9.22. The van der Waals surface area contributed by atoms with E-state index in [4.69, 9.17) is 19.9 Å². The Hall–Kier alpha value is -8.93. The van der Waals surface area contributed by atoms with Crippen molar-refractivity contribution >= 4 is 32.4 Å². The normalized spacial score (nSPS) is 11.3. The minimum absolute atomic E-state index is 0.622. The molecule has 66 heavy (non-hydrogen) atoms. The first-order valence-corrected chi connectivity index (χ1v) is 22.1. The zero-order valence-electron chi connectivity index (χ0n) is 35.8. The summed E-state index contributed by atoms with van der Waals surface area (Å²) in [6.07, 6.45) is 3.81. The third-order valence-electron chi connectivity index (χ3n) is 12.4. The third-order valence-corrected chi connectivity index (χ3v) is 12.4. The lowest BCUT2D eigenvalue weighted by molar-refractivity contribution is 1.07. The van der Waals surface area contributed by atoms with E-state index in [1.54, 1.807) is 0 Å².